The van der Waals surface area contributed by atoms with Crippen LogP contribution in [0.5, 0.6) is 0 Å². The number of carboxylic acid groups (broad SMARTS) is 1. The van der Waals surface area contributed by atoms with Crippen molar-refractivity contribution in [1.29, 1.82) is 0 Å². The molecule has 0 spiro atoms. The van der Waals surface area contributed by atoms with E-state index in [0.717, 1.165) is 17.2 Å². The molecule has 4 aromatic rings. The van der Waals surface area contributed by atoms with E-state index in [1.165, 1.54) is 6.07 Å². The maximum atomic E-state index is 13.9. The van der Waals surface area contributed by atoms with E-state index in [1.54, 1.807) is 49.4 Å². The Morgan fingerprint density at radius 1 is 1.00 bits per heavy atom. The lowest BCUT2D eigenvalue weighted by atomic mass is 9.94. The molecule has 0 amide bonds. The Kier molecular flexibility index (Phi) is 6.97. The van der Waals surface area contributed by atoms with Gasteiger partial charge in [0.2, 0.25) is 5.82 Å². The summed E-state index contributed by atoms with van der Waals surface area (Å²) in [6, 6.07) is 18.1. The Morgan fingerprint density at radius 2 is 1.71 bits per heavy atom. The number of hydrogen-bond donors (Lipinski definition) is 2. The average molecular weight is 481 g/mol. The zero-order chi connectivity index (χ0) is 25.0. The van der Waals surface area contributed by atoms with E-state index in [0.29, 0.717) is 24.2 Å². The molecular weight excluding hydrogens is 459 g/mol. The number of rotatable bonds is 8. The second kappa shape index (κ2) is 10.1. The number of aryl methyl sites for hydroxylation is 1. The summed E-state index contributed by atoms with van der Waals surface area (Å²) in [4.78, 5) is 14.9. The normalized spacial score (nSPS) is 11.5. The highest BCUT2D eigenvalue weighted by Crippen LogP contribution is 2.40. The minimum absolute atomic E-state index is 0.0127. The number of halogens is 3. The van der Waals surface area contributed by atoms with Crippen molar-refractivity contribution in [3.05, 3.63) is 83.4 Å². The molecule has 9 heteroatoms. The van der Waals surface area contributed by atoms with E-state index >= 15 is 0 Å². The van der Waals surface area contributed by atoms with Crippen molar-refractivity contribution >= 4 is 5.97 Å². The van der Waals surface area contributed by atoms with Crippen LogP contribution in [0.1, 0.15) is 23.1 Å². The molecule has 0 aliphatic carbocycles. The van der Waals surface area contributed by atoms with Gasteiger partial charge in [0.15, 0.2) is 0 Å². The number of hydrogen-bond acceptors (Lipinski definition) is 5. The number of carboxylic acids is 1. The summed E-state index contributed by atoms with van der Waals surface area (Å²) in [5, 5.41) is 15.6. The first kappa shape index (κ1) is 24.2. The molecule has 1 aromatic heterocycles. The van der Waals surface area contributed by atoms with Crippen LogP contribution in [0.2, 0.25) is 0 Å². The fourth-order valence-corrected chi connectivity index (χ4v) is 3.68. The van der Waals surface area contributed by atoms with Gasteiger partial charge in [-0.1, -0.05) is 59.8 Å². The number of carbonyl (C=O) groups is 1. The van der Waals surface area contributed by atoms with E-state index in [9.17, 15) is 18.0 Å². The number of alkyl halides is 3. The van der Waals surface area contributed by atoms with E-state index < -0.39 is 17.7 Å². The lowest BCUT2D eigenvalue weighted by Crippen LogP contribution is -2.17. The molecule has 2 N–H and O–H groups in total. The number of aromatic nitrogens is 2. The van der Waals surface area contributed by atoms with Crippen molar-refractivity contribution < 1.29 is 27.6 Å². The molecule has 3 aromatic carbocycles. The highest BCUT2D eigenvalue weighted by molar-refractivity contribution is 5.74. The predicted octanol–water partition coefficient (Wildman–Crippen LogP) is 5.96. The van der Waals surface area contributed by atoms with Gasteiger partial charge in [-0.15, -0.1) is 0 Å². The monoisotopic (exact) mass is 481 g/mol. The van der Waals surface area contributed by atoms with Gasteiger partial charge in [0.25, 0.3) is 5.89 Å². The third kappa shape index (κ3) is 5.75. The Balaban J connectivity index is 1.56. The second-order valence-corrected chi connectivity index (χ2v) is 8.01. The van der Waals surface area contributed by atoms with Gasteiger partial charge in [0.1, 0.15) is 0 Å². The van der Waals surface area contributed by atoms with Crippen molar-refractivity contribution in [3.8, 4) is 34.0 Å². The van der Waals surface area contributed by atoms with Crippen LogP contribution in [0.4, 0.5) is 13.2 Å². The molecule has 4 rings (SSSR count). The summed E-state index contributed by atoms with van der Waals surface area (Å²) in [5.41, 5.74) is 2.32. The summed E-state index contributed by atoms with van der Waals surface area (Å²) in [7, 11) is 0. The summed E-state index contributed by atoms with van der Waals surface area (Å²) in [6.07, 6.45) is -4.53. The van der Waals surface area contributed by atoms with Crippen molar-refractivity contribution in [2.75, 3.05) is 6.54 Å². The largest absolute Gasteiger partial charge is 0.481 e. The summed E-state index contributed by atoms with van der Waals surface area (Å²) in [5.74, 6) is -0.629. The molecule has 0 radical (unpaired) electrons. The molecule has 0 atom stereocenters. The molecule has 0 unspecified atom stereocenters. The topological polar surface area (TPSA) is 88.2 Å². The molecule has 0 fully saturated rings. The number of nitrogens with zero attached hydrogens (tertiary/aromatic N) is 2. The zero-order valence-corrected chi connectivity index (χ0v) is 18.8. The maximum Gasteiger partial charge on any atom is 0.417 e. The quantitative estimate of drug-likeness (QED) is 0.302. The van der Waals surface area contributed by atoms with Gasteiger partial charge in [-0.25, -0.2) is 0 Å². The van der Waals surface area contributed by atoms with Crippen LogP contribution in [-0.4, -0.2) is 27.8 Å². The third-order valence-electron chi connectivity index (χ3n) is 5.49. The highest BCUT2D eigenvalue weighted by Gasteiger charge is 2.34. The predicted molar refractivity (Wildman–Crippen MR) is 124 cm³/mol. The van der Waals surface area contributed by atoms with Crippen LogP contribution in [-0.2, 0) is 17.5 Å². The van der Waals surface area contributed by atoms with Gasteiger partial charge in [-0.3, -0.25) is 4.79 Å². The highest BCUT2D eigenvalue weighted by atomic mass is 19.4. The first-order valence-corrected chi connectivity index (χ1v) is 10.9. The zero-order valence-electron chi connectivity index (χ0n) is 18.8. The molecule has 0 saturated heterocycles. The van der Waals surface area contributed by atoms with Crippen molar-refractivity contribution in [3.63, 3.8) is 0 Å². The lowest BCUT2D eigenvalue weighted by Gasteiger charge is -2.15. The first-order valence-electron chi connectivity index (χ1n) is 10.9. The summed E-state index contributed by atoms with van der Waals surface area (Å²) in [6.45, 7) is 2.62. The molecule has 6 nitrogen and oxygen atoms in total. The molecule has 35 heavy (non-hydrogen) atoms. The molecule has 180 valence electrons. The Bertz CT molecular complexity index is 1330. The van der Waals surface area contributed by atoms with E-state index in [4.69, 9.17) is 9.63 Å². The van der Waals surface area contributed by atoms with E-state index in [2.05, 4.69) is 15.5 Å². The molecule has 0 aliphatic heterocycles. The Morgan fingerprint density at radius 3 is 2.40 bits per heavy atom. The van der Waals surface area contributed by atoms with Crippen molar-refractivity contribution in [2.45, 2.75) is 26.1 Å². The van der Waals surface area contributed by atoms with Crippen LogP contribution in [0.25, 0.3) is 34.0 Å². The van der Waals surface area contributed by atoms with Gasteiger partial charge >= 0.3 is 12.1 Å². The molecule has 0 aliphatic rings. The van der Waals surface area contributed by atoms with Gasteiger partial charge < -0.3 is 14.9 Å². The average Bonchev–Trinajstić information content (AvgIpc) is 3.32. The maximum absolute atomic E-state index is 13.9. The van der Waals surface area contributed by atoms with E-state index in [-0.39, 0.29) is 29.3 Å². The lowest BCUT2D eigenvalue weighted by molar-refractivity contribution is -0.137. The third-order valence-corrected chi connectivity index (χ3v) is 5.49. The fourth-order valence-electron chi connectivity index (χ4n) is 3.68. The fraction of sp³-hybridized carbons (Fsp3) is 0.192. The minimum Gasteiger partial charge on any atom is -0.481 e. The van der Waals surface area contributed by atoms with E-state index in [1.807, 2.05) is 12.1 Å². The van der Waals surface area contributed by atoms with Crippen LogP contribution >= 0.6 is 0 Å². The number of benzene rings is 3. The molecular formula is C26H22F3N3O3. The Hall–Kier alpha value is -3.98. The van der Waals surface area contributed by atoms with Gasteiger partial charge in [0.05, 0.1) is 12.0 Å². The van der Waals surface area contributed by atoms with Gasteiger partial charge in [-0.2, -0.15) is 18.2 Å². The standard InChI is InChI=1S/C26H22F3N3O3/c1-16-4-2-3-5-20(16)21-11-10-19(14-22(21)26(27,28)29)25-31-24(32-35-25)18-8-6-17(7-9-18)15-30-13-12-23(33)34/h2-11,14,30H,12-13,15H2,1H3,(H,33,34). The molecule has 1 heterocycles. The Labute approximate surface area is 199 Å². The first-order chi connectivity index (χ1) is 16.7. The van der Waals surface area contributed by atoms with Crippen LogP contribution in [0, 0.1) is 6.92 Å². The molecule has 0 saturated carbocycles. The molecule has 0 bridgehead atoms. The smallest absolute Gasteiger partial charge is 0.417 e. The minimum atomic E-state index is -4.56. The second-order valence-electron chi connectivity index (χ2n) is 8.01. The SMILES string of the molecule is Cc1ccccc1-c1ccc(-c2nc(-c3ccc(CNCCC(=O)O)cc3)no2)cc1C(F)(F)F. The number of nitrogens with one attached hydrogen (secondary N) is 1. The van der Waals surface area contributed by atoms with Gasteiger partial charge in [-0.05, 0) is 41.3 Å². The van der Waals surface area contributed by atoms with Crippen molar-refractivity contribution in [2.24, 2.45) is 0 Å². The van der Waals surface area contributed by atoms with Crippen molar-refractivity contribution in [1.82, 2.24) is 15.5 Å². The summed E-state index contributed by atoms with van der Waals surface area (Å²) >= 11 is 0. The summed E-state index contributed by atoms with van der Waals surface area (Å²) < 4.78 is 47.0. The van der Waals surface area contributed by atoms with Crippen LogP contribution in [0.3, 0.4) is 0 Å². The van der Waals surface area contributed by atoms with Gasteiger partial charge in [0, 0.05) is 24.2 Å². The number of aliphatic carboxylic acids is 1. The van der Waals surface area contributed by atoms with Crippen LogP contribution in [0.15, 0.2) is 71.3 Å². The van der Waals surface area contributed by atoms with Crippen LogP contribution < -0.4 is 5.32 Å².